The molecule has 1 fully saturated rings. The maximum Gasteiger partial charge on any atom is 0.307 e. The Hall–Kier alpha value is -1.10. The standard InChI is InChI=1S/C13H23NO4/c1-4-8-5-9(10(6-8)12(17)18)11(16)14-13(2,3)7-15/h8-10,15H,4-7H2,1-3H3,(H,14,16)(H,17,18)/t8?,9-,10+/m0/s1. The monoisotopic (exact) mass is 257 g/mol. The summed E-state index contributed by atoms with van der Waals surface area (Å²) in [7, 11) is 0. The van der Waals surface area contributed by atoms with Gasteiger partial charge >= 0.3 is 5.97 Å². The fourth-order valence-corrected chi connectivity index (χ4v) is 2.50. The third kappa shape index (κ3) is 3.45. The third-order valence-electron chi connectivity index (χ3n) is 3.75. The number of aliphatic hydroxyl groups excluding tert-OH is 1. The van der Waals surface area contributed by atoms with Gasteiger partial charge in [-0.25, -0.2) is 0 Å². The summed E-state index contributed by atoms with van der Waals surface area (Å²) in [6.07, 6.45) is 2.10. The van der Waals surface area contributed by atoms with Crippen LogP contribution in [0.15, 0.2) is 0 Å². The smallest absolute Gasteiger partial charge is 0.307 e. The lowest BCUT2D eigenvalue weighted by atomic mass is 9.94. The van der Waals surface area contributed by atoms with E-state index in [4.69, 9.17) is 5.11 Å². The van der Waals surface area contributed by atoms with E-state index in [1.165, 1.54) is 0 Å². The summed E-state index contributed by atoms with van der Waals surface area (Å²) in [5, 5.41) is 21.0. The van der Waals surface area contributed by atoms with Crippen LogP contribution >= 0.6 is 0 Å². The zero-order chi connectivity index (χ0) is 13.9. The highest BCUT2D eigenvalue weighted by Crippen LogP contribution is 2.38. The van der Waals surface area contributed by atoms with E-state index in [1.807, 2.05) is 6.92 Å². The van der Waals surface area contributed by atoms with E-state index in [9.17, 15) is 14.7 Å². The Morgan fingerprint density at radius 2 is 1.83 bits per heavy atom. The molecule has 1 aliphatic carbocycles. The number of carbonyl (C=O) groups excluding carboxylic acids is 1. The van der Waals surface area contributed by atoms with Crippen molar-refractivity contribution in [3.63, 3.8) is 0 Å². The number of amides is 1. The summed E-state index contributed by atoms with van der Waals surface area (Å²) < 4.78 is 0. The predicted octanol–water partition coefficient (Wildman–Crippen LogP) is 1.01. The Morgan fingerprint density at radius 3 is 2.28 bits per heavy atom. The van der Waals surface area contributed by atoms with Crippen LogP contribution in [0.1, 0.15) is 40.0 Å². The summed E-state index contributed by atoms with van der Waals surface area (Å²) in [5.74, 6) is -1.91. The summed E-state index contributed by atoms with van der Waals surface area (Å²) in [5.41, 5.74) is -0.704. The predicted molar refractivity (Wildman–Crippen MR) is 66.9 cm³/mol. The van der Waals surface area contributed by atoms with Gasteiger partial charge in [0.05, 0.1) is 24.0 Å². The lowest BCUT2D eigenvalue weighted by Crippen LogP contribution is -2.49. The molecule has 0 bridgehead atoms. The molecule has 0 spiro atoms. The molecule has 0 aromatic carbocycles. The van der Waals surface area contributed by atoms with Crippen LogP contribution in [-0.4, -0.2) is 34.2 Å². The summed E-state index contributed by atoms with van der Waals surface area (Å²) in [6.45, 7) is 5.28. The summed E-state index contributed by atoms with van der Waals surface area (Å²) in [4.78, 5) is 23.3. The molecule has 0 heterocycles. The molecule has 1 unspecified atom stereocenters. The van der Waals surface area contributed by atoms with Crippen LogP contribution in [-0.2, 0) is 9.59 Å². The molecule has 0 aliphatic heterocycles. The maximum absolute atomic E-state index is 12.1. The van der Waals surface area contributed by atoms with Crippen LogP contribution in [0.3, 0.4) is 0 Å². The van der Waals surface area contributed by atoms with E-state index in [2.05, 4.69) is 5.32 Å². The molecule has 5 heteroatoms. The van der Waals surface area contributed by atoms with Crippen LogP contribution in [0.5, 0.6) is 0 Å². The lowest BCUT2D eigenvalue weighted by molar-refractivity contribution is -0.146. The molecule has 1 rings (SSSR count). The number of hydrogen-bond acceptors (Lipinski definition) is 3. The second-order valence-electron chi connectivity index (χ2n) is 5.83. The topological polar surface area (TPSA) is 86.6 Å². The molecule has 3 atom stereocenters. The largest absolute Gasteiger partial charge is 0.481 e. The number of carbonyl (C=O) groups is 2. The minimum Gasteiger partial charge on any atom is -0.481 e. The van der Waals surface area contributed by atoms with Crippen molar-refractivity contribution in [1.29, 1.82) is 0 Å². The lowest BCUT2D eigenvalue weighted by Gasteiger charge is -2.26. The number of carboxylic acid groups (broad SMARTS) is 1. The fraction of sp³-hybridized carbons (Fsp3) is 0.846. The zero-order valence-electron chi connectivity index (χ0n) is 11.3. The second kappa shape index (κ2) is 5.69. The number of hydrogen-bond donors (Lipinski definition) is 3. The van der Waals surface area contributed by atoms with Gasteiger partial charge in [-0.2, -0.15) is 0 Å². The van der Waals surface area contributed by atoms with Gasteiger partial charge < -0.3 is 15.5 Å². The number of carboxylic acids is 1. The van der Waals surface area contributed by atoms with Gasteiger partial charge in [-0.3, -0.25) is 9.59 Å². The molecule has 18 heavy (non-hydrogen) atoms. The van der Waals surface area contributed by atoms with Crippen LogP contribution in [0, 0.1) is 17.8 Å². The van der Waals surface area contributed by atoms with E-state index in [-0.39, 0.29) is 12.5 Å². The molecule has 1 aliphatic rings. The first-order valence-electron chi connectivity index (χ1n) is 6.46. The van der Waals surface area contributed by atoms with Crippen molar-refractivity contribution >= 4 is 11.9 Å². The van der Waals surface area contributed by atoms with Gasteiger partial charge in [0.25, 0.3) is 0 Å². The molecule has 1 amide bonds. The Balaban J connectivity index is 2.74. The molecular formula is C13H23NO4. The van der Waals surface area contributed by atoms with Gasteiger partial charge in [0.2, 0.25) is 5.91 Å². The first-order chi connectivity index (χ1) is 8.30. The summed E-state index contributed by atoms with van der Waals surface area (Å²) >= 11 is 0. The van der Waals surface area contributed by atoms with Gasteiger partial charge in [-0.15, -0.1) is 0 Å². The van der Waals surface area contributed by atoms with Crippen LogP contribution in [0.2, 0.25) is 0 Å². The average molecular weight is 257 g/mol. The highest BCUT2D eigenvalue weighted by Gasteiger charge is 2.43. The highest BCUT2D eigenvalue weighted by molar-refractivity contribution is 5.85. The van der Waals surface area contributed by atoms with Gasteiger partial charge in [0.1, 0.15) is 0 Å². The third-order valence-corrected chi connectivity index (χ3v) is 3.75. The van der Waals surface area contributed by atoms with Crippen molar-refractivity contribution < 1.29 is 19.8 Å². The maximum atomic E-state index is 12.1. The normalized spacial score (nSPS) is 28.1. The van der Waals surface area contributed by atoms with Crippen LogP contribution < -0.4 is 5.32 Å². The van der Waals surface area contributed by atoms with Crippen molar-refractivity contribution in [2.45, 2.75) is 45.6 Å². The van der Waals surface area contributed by atoms with E-state index < -0.39 is 23.3 Å². The van der Waals surface area contributed by atoms with Gasteiger partial charge in [0.15, 0.2) is 0 Å². The molecule has 104 valence electrons. The SMILES string of the molecule is CCC1C[C@H](C(=O)NC(C)(C)CO)[C@H](C(=O)O)C1. The Morgan fingerprint density at radius 1 is 1.28 bits per heavy atom. The number of rotatable bonds is 5. The molecule has 0 aromatic rings. The highest BCUT2D eigenvalue weighted by atomic mass is 16.4. The first-order valence-corrected chi connectivity index (χ1v) is 6.46. The van der Waals surface area contributed by atoms with Crippen LogP contribution in [0.4, 0.5) is 0 Å². The van der Waals surface area contributed by atoms with Crippen LogP contribution in [0.25, 0.3) is 0 Å². The van der Waals surface area contributed by atoms with Crippen molar-refractivity contribution in [1.82, 2.24) is 5.32 Å². The molecule has 1 saturated carbocycles. The zero-order valence-corrected chi connectivity index (χ0v) is 11.3. The number of nitrogens with one attached hydrogen (secondary N) is 1. The van der Waals surface area contributed by atoms with Gasteiger partial charge in [0, 0.05) is 0 Å². The number of aliphatic hydroxyl groups is 1. The molecule has 0 aromatic heterocycles. The van der Waals surface area contributed by atoms with Crippen molar-refractivity contribution in [3.05, 3.63) is 0 Å². The minimum atomic E-state index is -0.895. The van der Waals surface area contributed by atoms with Gasteiger partial charge in [-0.05, 0) is 32.6 Å². The molecule has 0 saturated heterocycles. The fourth-order valence-electron chi connectivity index (χ4n) is 2.50. The molecule has 5 nitrogen and oxygen atoms in total. The first kappa shape index (κ1) is 15.0. The van der Waals surface area contributed by atoms with Gasteiger partial charge in [-0.1, -0.05) is 13.3 Å². The van der Waals surface area contributed by atoms with E-state index in [1.54, 1.807) is 13.8 Å². The minimum absolute atomic E-state index is 0.166. The Labute approximate surface area is 108 Å². The van der Waals surface area contributed by atoms with Crippen molar-refractivity contribution in [3.8, 4) is 0 Å². The van der Waals surface area contributed by atoms with E-state index >= 15 is 0 Å². The van der Waals surface area contributed by atoms with Crippen molar-refractivity contribution in [2.24, 2.45) is 17.8 Å². The molecule has 3 N–H and O–H groups in total. The molecular weight excluding hydrogens is 234 g/mol. The quantitative estimate of drug-likeness (QED) is 0.686. The average Bonchev–Trinajstić information content (AvgIpc) is 2.72. The number of aliphatic carboxylic acids is 1. The van der Waals surface area contributed by atoms with E-state index in [0.29, 0.717) is 18.8 Å². The summed E-state index contributed by atoms with van der Waals surface area (Å²) in [6, 6.07) is 0. The second-order valence-corrected chi connectivity index (χ2v) is 5.83. The van der Waals surface area contributed by atoms with E-state index in [0.717, 1.165) is 6.42 Å². The van der Waals surface area contributed by atoms with Crippen molar-refractivity contribution in [2.75, 3.05) is 6.61 Å². The Kier molecular flexibility index (Phi) is 4.73. The molecule has 0 radical (unpaired) electrons. The Bertz CT molecular complexity index is 327.